The van der Waals surface area contributed by atoms with Crippen molar-refractivity contribution in [3.8, 4) is 5.75 Å². The number of pyridine rings is 1. The quantitative estimate of drug-likeness (QED) is 0.570. The Morgan fingerprint density at radius 2 is 1.96 bits per heavy atom. The van der Waals surface area contributed by atoms with Crippen molar-refractivity contribution in [1.82, 2.24) is 15.0 Å². The zero-order valence-electron chi connectivity index (χ0n) is 13.1. The largest absolute Gasteiger partial charge is 0.482 e. The van der Waals surface area contributed by atoms with Crippen LogP contribution < -0.4 is 15.8 Å². The van der Waals surface area contributed by atoms with Crippen molar-refractivity contribution in [3.05, 3.63) is 48.4 Å². The minimum absolute atomic E-state index is 0.102. The molecule has 0 unspecified atom stereocenters. The van der Waals surface area contributed by atoms with Gasteiger partial charge >= 0.3 is 0 Å². The van der Waals surface area contributed by atoms with Crippen LogP contribution in [0.25, 0.3) is 10.8 Å². The minimum atomic E-state index is 0.102. The first kappa shape index (κ1) is 15.9. The average molecular weight is 325 g/mol. The summed E-state index contributed by atoms with van der Waals surface area (Å²) in [5.41, 5.74) is 6.43. The standard InChI is InChI=1S/C17H19N5O2/c18-17-21-10-15(16(22-17)19-6-3-7-23)24-11-14-8-12-4-1-2-5-13(12)9-20-14/h1-2,4-5,8-10,23H,3,6-7,11H2,(H3,18,19,21,22). The third-order valence-electron chi connectivity index (χ3n) is 3.46. The van der Waals surface area contributed by atoms with Crippen molar-refractivity contribution in [2.24, 2.45) is 0 Å². The van der Waals surface area contributed by atoms with E-state index in [0.717, 1.165) is 16.5 Å². The summed E-state index contributed by atoms with van der Waals surface area (Å²) in [6, 6.07) is 10.0. The molecule has 7 heteroatoms. The van der Waals surface area contributed by atoms with Gasteiger partial charge in [-0.3, -0.25) is 4.98 Å². The number of rotatable bonds is 7. The van der Waals surface area contributed by atoms with Gasteiger partial charge in [-0.25, -0.2) is 4.98 Å². The summed E-state index contributed by atoms with van der Waals surface area (Å²) >= 11 is 0. The van der Waals surface area contributed by atoms with Gasteiger partial charge in [0.1, 0.15) is 6.61 Å². The first-order valence-corrected chi connectivity index (χ1v) is 7.70. The number of aliphatic hydroxyl groups excluding tert-OH is 1. The van der Waals surface area contributed by atoms with E-state index in [9.17, 15) is 0 Å². The lowest BCUT2D eigenvalue weighted by Crippen LogP contribution is -2.10. The van der Waals surface area contributed by atoms with Gasteiger partial charge in [0.25, 0.3) is 0 Å². The molecular weight excluding hydrogens is 306 g/mol. The van der Waals surface area contributed by atoms with Crippen LogP contribution >= 0.6 is 0 Å². The molecule has 3 aromatic rings. The molecule has 4 N–H and O–H groups in total. The highest BCUT2D eigenvalue weighted by atomic mass is 16.5. The number of nitrogen functional groups attached to an aromatic ring is 1. The van der Waals surface area contributed by atoms with Gasteiger partial charge in [-0.15, -0.1) is 0 Å². The molecule has 124 valence electrons. The molecule has 3 rings (SSSR count). The summed E-state index contributed by atoms with van der Waals surface area (Å²) in [5.74, 6) is 1.17. The van der Waals surface area contributed by atoms with E-state index in [1.165, 1.54) is 6.20 Å². The van der Waals surface area contributed by atoms with Crippen molar-refractivity contribution < 1.29 is 9.84 Å². The van der Waals surface area contributed by atoms with Gasteiger partial charge < -0.3 is 20.9 Å². The summed E-state index contributed by atoms with van der Waals surface area (Å²) in [6.45, 7) is 0.967. The number of hydrogen-bond acceptors (Lipinski definition) is 7. The smallest absolute Gasteiger partial charge is 0.222 e. The molecule has 0 amide bonds. The molecule has 0 aliphatic rings. The Hall–Kier alpha value is -2.93. The van der Waals surface area contributed by atoms with Crippen molar-refractivity contribution in [3.63, 3.8) is 0 Å². The summed E-state index contributed by atoms with van der Waals surface area (Å²) in [7, 11) is 0. The molecular formula is C17H19N5O2. The Labute approximate surface area is 139 Å². The summed E-state index contributed by atoms with van der Waals surface area (Å²) in [5, 5.41) is 14.2. The van der Waals surface area contributed by atoms with Gasteiger partial charge in [-0.05, 0) is 17.9 Å². The maximum absolute atomic E-state index is 8.87. The molecule has 0 aliphatic heterocycles. The van der Waals surface area contributed by atoms with Crippen LogP contribution in [-0.2, 0) is 6.61 Å². The molecule has 0 bridgehead atoms. The number of anilines is 2. The van der Waals surface area contributed by atoms with Gasteiger partial charge in [-0.1, -0.05) is 24.3 Å². The highest BCUT2D eigenvalue weighted by molar-refractivity contribution is 5.81. The molecule has 7 nitrogen and oxygen atoms in total. The Morgan fingerprint density at radius 3 is 2.79 bits per heavy atom. The second-order valence-electron chi connectivity index (χ2n) is 5.26. The van der Waals surface area contributed by atoms with Crippen LogP contribution in [0.2, 0.25) is 0 Å². The molecule has 1 aromatic carbocycles. The second kappa shape index (κ2) is 7.56. The van der Waals surface area contributed by atoms with Crippen LogP contribution in [0, 0.1) is 0 Å². The van der Waals surface area contributed by atoms with E-state index in [1.807, 2.05) is 36.5 Å². The van der Waals surface area contributed by atoms with Crippen LogP contribution in [0.3, 0.4) is 0 Å². The Balaban J connectivity index is 1.72. The zero-order valence-corrected chi connectivity index (χ0v) is 13.1. The van der Waals surface area contributed by atoms with Crippen LogP contribution in [0.1, 0.15) is 12.1 Å². The lowest BCUT2D eigenvalue weighted by molar-refractivity contribution is 0.291. The van der Waals surface area contributed by atoms with Crippen molar-refractivity contribution in [1.29, 1.82) is 0 Å². The van der Waals surface area contributed by atoms with Crippen LogP contribution in [0.4, 0.5) is 11.8 Å². The zero-order chi connectivity index (χ0) is 16.8. The summed E-state index contributed by atoms with van der Waals surface area (Å²) in [6.07, 6.45) is 3.97. The topological polar surface area (TPSA) is 106 Å². The summed E-state index contributed by atoms with van der Waals surface area (Å²) in [4.78, 5) is 12.5. The third-order valence-corrected chi connectivity index (χ3v) is 3.46. The molecule has 0 saturated carbocycles. The normalized spacial score (nSPS) is 10.7. The summed E-state index contributed by atoms with van der Waals surface area (Å²) < 4.78 is 5.79. The van der Waals surface area contributed by atoms with E-state index >= 15 is 0 Å². The maximum Gasteiger partial charge on any atom is 0.222 e. The van der Waals surface area contributed by atoms with E-state index in [-0.39, 0.29) is 12.6 Å². The van der Waals surface area contributed by atoms with Gasteiger partial charge in [-0.2, -0.15) is 4.98 Å². The van der Waals surface area contributed by atoms with Crippen molar-refractivity contribution >= 4 is 22.5 Å². The number of ether oxygens (including phenoxy) is 1. The van der Waals surface area contributed by atoms with E-state index in [0.29, 0.717) is 31.1 Å². The lowest BCUT2D eigenvalue weighted by atomic mass is 10.1. The molecule has 0 fully saturated rings. The maximum atomic E-state index is 8.87. The predicted molar refractivity (Wildman–Crippen MR) is 92.7 cm³/mol. The number of fused-ring (bicyclic) bond motifs is 1. The highest BCUT2D eigenvalue weighted by Crippen LogP contribution is 2.23. The molecule has 24 heavy (non-hydrogen) atoms. The fourth-order valence-electron chi connectivity index (χ4n) is 2.26. The number of aliphatic hydroxyl groups is 1. The van der Waals surface area contributed by atoms with E-state index < -0.39 is 0 Å². The average Bonchev–Trinajstić information content (AvgIpc) is 2.61. The molecule has 0 aliphatic carbocycles. The van der Waals surface area contributed by atoms with Gasteiger partial charge in [0, 0.05) is 24.7 Å². The van der Waals surface area contributed by atoms with Crippen molar-refractivity contribution in [2.75, 3.05) is 24.2 Å². The number of hydrogen-bond donors (Lipinski definition) is 3. The first-order chi connectivity index (χ1) is 11.8. The molecule has 0 atom stereocenters. The predicted octanol–water partition coefficient (Wildman–Crippen LogP) is 1.98. The number of nitrogens with one attached hydrogen (secondary N) is 1. The monoisotopic (exact) mass is 325 g/mol. The third kappa shape index (κ3) is 3.88. The van der Waals surface area contributed by atoms with Crippen LogP contribution in [0.15, 0.2) is 42.7 Å². The highest BCUT2D eigenvalue weighted by Gasteiger charge is 2.08. The molecule has 0 spiro atoms. The first-order valence-electron chi connectivity index (χ1n) is 7.70. The van der Waals surface area contributed by atoms with E-state index in [2.05, 4.69) is 20.3 Å². The van der Waals surface area contributed by atoms with E-state index in [1.54, 1.807) is 0 Å². The Bertz CT molecular complexity index is 825. The Kier molecular flexibility index (Phi) is 5.02. The fraction of sp³-hybridized carbons (Fsp3) is 0.235. The van der Waals surface area contributed by atoms with Gasteiger partial charge in [0.05, 0.1) is 11.9 Å². The number of aromatic nitrogens is 3. The van der Waals surface area contributed by atoms with Crippen LogP contribution in [-0.4, -0.2) is 33.2 Å². The number of nitrogens with two attached hydrogens (primary N) is 1. The molecule has 2 heterocycles. The lowest BCUT2D eigenvalue weighted by Gasteiger charge is -2.12. The fourth-order valence-corrected chi connectivity index (χ4v) is 2.26. The SMILES string of the molecule is Nc1ncc(OCc2cc3ccccc3cn2)c(NCCCO)n1. The van der Waals surface area contributed by atoms with Gasteiger partial charge in [0.2, 0.25) is 5.95 Å². The molecule has 0 radical (unpaired) electrons. The van der Waals surface area contributed by atoms with Gasteiger partial charge in [0.15, 0.2) is 11.6 Å². The second-order valence-corrected chi connectivity index (χ2v) is 5.26. The van der Waals surface area contributed by atoms with E-state index in [4.69, 9.17) is 15.6 Å². The van der Waals surface area contributed by atoms with Crippen LogP contribution in [0.5, 0.6) is 5.75 Å². The Morgan fingerprint density at radius 1 is 1.12 bits per heavy atom. The number of benzene rings is 1. The molecule has 2 aromatic heterocycles. The van der Waals surface area contributed by atoms with Crippen molar-refractivity contribution in [2.45, 2.75) is 13.0 Å². The molecule has 0 saturated heterocycles. The minimum Gasteiger partial charge on any atom is -0.482 e. The number of nitrogens with zero attached hydrogens (tertiary/aromatic N) is 3.